The Bertz CT molecular complexity index is 118. The Morgan fingerprint density at radius 3 is 2.57 bits per heavy atom. The summed E-state index contributed by atoms with van der Waals surface area (Å²) >= 11 is 0. The Kier molecular flexibility index (Phi) is 0.650. The second-order valence-electron chi connectivity index (χ2n) is 2.40. The summed E-state index contributed by atoms with van der Waals surface area (Å²) < 4.78 is 14.6. The maximum atomic E-state index is 8.59. The van der Waals surface area contributed by atoms with E-state index in [4.69, 9.17) is 7.85 Å². The van der Waals surface area contributed by atoms with Gasteiger partial charge in [0.2, 0.25) is 0 Å². The predicted octanol–water partition coefficient (Wildman–Crippen LogP) is 1.17. The Labute approximate surface area is 47.2 Å². The fourth-order valence-corrected chi connectivity index (χ4v) is 0.555. The lowest BCUT2D eigenvalue weighted by Gasteiger charge is -2.00. The average molecular weight is 102 g/mol. The summed E-state index contributed by atoms with van der Waals surface area (Å²) in [5.41, 5.74) is -0.220. The summed E-state index contributed by atoms with van der Waals surface area (Å²) in [5.74, 6) is 0. The number of hydrogen-bond donors (Lipinski definition) is 1. The van der Waals surface area contributed by atoms with Gasteiger partial charge in [-0.3, -0.25) is 0 Å². The summed E-state index contributed by atoms with van der Waals surface area (Å²) in [6.45, 7) is 1.53. The average Bonchev–Trinajstić information content (AvgIpc) is 2.49. The molecule has 42 valence electrons. The first-order valence-electron chi connectivity index (χ1n) is 3.63. The monoisotopic (exact) mass is 102 g/mol. The van der Waals surface area contributed by atoms with Gasteiger partial charge in [0, 0.05) is 9.35 Å². The van der Waals surface area contributed by atoms with E-state index in [2.05, 4.69) is 0 Å². The van der Waals surface area contributed by atoms with Crippen LogP contribution in [0.4, 0.5) is 0 Å². The maximum Gasteiger partial charge on any atom is 0.0436 e. The van der Waals surface area contributed by atoms with Crippen LogP contribution in [-0.4, -0.2) is 11.7 Å². The van der Waals surface area contributed by atoms with Crippen LogP contribution in [0.2, 0.25) is 0 Å². The quantitative estimate of drug-likeness (QED) is 0.555. The molecule has 0 aromatic rings. The van der Waals surface area contributed by atoms with Gasteiger partial charge in [0.25, 0.3) is 0 Å². The van der Waals surface area contributed by atoms with Gasteiger partial charge in [-0.2, -0.15) is 0 Å². The molecule has 0 aliphatic heterocycles. The van der Waals surface area contributed by atoms with Gasteiger partial charge in [0.15, 0.2) is 0 Å². The second-order valence-corrected chi connectivity index (χ2v) is 2.40. The van der Waals surface area contributed by atoms with E-state index in [1.807, 2.05) is 6.92 Å². The maximum absolute atomic E-state index is 8.59. The van der Waals surface area contributed by atoms with Crippen molar-refractivity contribution in [2.45, 2.75) is 26.1 Å². The first kappa shape index (κ1) is 3.08. The molecule has 0 unspecified atom stereocenters. The molecular formula is C6H12O. The molecule has 1 nitrogen and oxygen atoms in total. The van der Waals surface area contributed by atoms with Gasteiger partial charge in [-0.25, -0.2) is 0 Å². The van der Waals surface area contributed by atoms with Crippen LogP contribution in [0.3, 0.4) is 0 Å². The van der Waals surface area contributed by atoms with E-state index >= 15 is 0 Å². The number of hydrogen-bond acceptors (Lipinski definition) is 1. The standard InChI is InChI=1S/C6H12O/c1-6(2-3-6)4-5-7/h7H,2-5H2,1H3/i4D2. The molecule has 0 spiro atoms. The van der Waals surface area contributed by atoms with Crippen LogP contribution in [0.5, 0.6) is 0 Å². The molecule has 1 aliphatic carbocycles. The molecule has 1 fully saturated rings. The van der Waals surface area contributed by atoms with Crippen LogP contribution in [0.1, 0.15) is 28.9 Å². The zero-order chi connectivity index (χ0) is 7.12. The molecule has 1 rings (SSSR count). The fraction of sp³-hybridized carbons (Fsp3) is 1.00. The molecule has 0 aromatic heterocycles. The smallest absolute Gasteiger partial charge is 0.0436 e. The summed E-state index contributed by atoms with van der Waals surface area (Å²) in [6.07, 6.45) is 0.480. The highest BCUT2D eigenvalue weighted by molar-refractivity contribution is 4.87. The Balaban J connectivity index is 2.58. The highest BCUT2D eigenvalue weighted by atomic mass is 16.3. The third kappa shape index (κ3) is 1.16. The van der Waals surface area contributed by atoms with Crippen molar-refractivity contribution in [2.24, 2.45) is 5.41 Å². The molecular weight excluding hydrogens is 88.1 g/mol. The van der Waals surface area contributed by atoms with Crippen molar-refractivity contribution in [1.82, 2.24) is 0 Å². The molecule has 0 heterocycles. The van der Waals surface area contributed by atoms with E-state index in [1.165, 1.54) is 0 Å². The van der Waals surface area contributed by atoms with E-state index in [0.717, 1.165) is 12.8 Å². The van der Waals surface area contributed by atoms with Crippen molar-refractivity contribution in [3.05, 3.63) is 0 Å². The molecule has 0 atom stereocenters. The van der Waals surface area contributed by atoms with E-state index in [1.54, 1.807) is 0 Å². The van der Waals surface area contributed by atoms with E-state index in [9.17, 15) is 0 Å². The van der Waals surface area contributed by atoms with E-state index < -0.39 is 6.37 Å². The predicted molar refractivity (Wildman–Crippen MR) is 29.0 cm³/mol. The molecule has 0 bridgehead atoms. The lowest BCUT2D eigenvalue weighted by atomic mass is 10.1. The van der Waals surface area contributed by atoms with Gasteiger partial charge < -0.3 is 5.11 Å². The number of aliphatic hydroxyl groups is 1. The highest BCUT2D eigenvalue weighted by Gasteiger charge is 2.35. The van der Waals surface area contributed by atoms with E-state index in [0.29, 0.717) is 0 Å². The molecule has 1 aliphatic rings. The summed E-state index contributed by atoms with van der Waals surface area (Å²) in [6, 6.07) is 0. The van der Waals surface area contributed by atoms with E-state index in [-0.39, 0.29) is 12.0 Å². The normalized spacial score (nSPS) is 31.1. The first-order valence-corrected chi connectivity index (χ1v) is 2.63. The molecule has 1 N–H and O–H groups in total. The van der Waals surface area contributed by atoms with Gasteiger partial charge in [-0.1, -0.05) is 6.92 Å². The van der Waals surface area contributed by atoms with Crippen LogP contribution in [0, 0.1) is 5.41 Å². The largest absolute Gasteiger partial charge is 0.396 e. The molecule has 1 heteroatoms. The van der Waals surface area contributed by atoms with Crippen molar-refractivity contribution in [2.75, 3.05) is 6.61 Å². The lowest BCUT2D eigenvalue weighted by Crippen LogP contribution is -1.95. The summed E-state index contributed by atoms with van der Waals surface area (Å²) in [4.78, 5) is 0. The van der Waals surface area contributed by atoms with Crippen LogP contribution >= 0.6 is 0 Å². The van der Waals surface area contributed by atoms with Gasteiger partial charge >= 0.3 is 0 Å². The first-order chi connectivity index (χ1) is 4.02. The van der Waals surface area contributed by atoms with Crippen molar-refractivity contribution >= 4 is 0 Å². The van der Waals surface area contributed by atoms with Crippen LogP contribution in [0.15, 0.2) is 0 Å². The molecule has 1 saturated carbocycles. The van der Waals surface area contributed by atoms with Gasteiger partial charge in [-0.15, -0.1) is 0 Å². The molecule has 0 amide bonds. The van der Waals surface area contributed by atoms with Gasteiger partial charge in [0.05, 0.1) is 0 Å². The highest BCUT2D eigenvalue weighted by Crippen LogP contribution is 2.47. The Hall–Kier alpha value is -0.0400. The zero-order valence-corrected chi connectivity index (χ0v) is 4.57. The third-order valence-electron chi connectivity index (χ3n) is 1.51. The topological polar surface area (TPSA) is 20.2 Å². The minimum atomic E-state index is -1.35. The van der Waals surface area contributed by atoms with Crippen molar-refractivity contribution in [1.29, 1.82) is 0 Å². The molecule has 0 aromatic carbocycles. The van der Waals surface area contributed by atoms with Crippen molar-refractivity contribution in [3.63, 3.8) is 0 Å². The minimum Gasteiger partial charge on any atom is -0.396 e. The van der Waals surface area contributed by atoms with Gasteiger partial charge in [0.1, 0.15) is 0 Å². The SMILES string of the molecule is [2H]C([2H])(CO)C1(C)CC1. The summed E-state index contributed by atoms with van der Waals surface area (Å²) in [7, 11) is 0. The van der Waals surface area contributed by atoms with Gasteiger partial charge in [-0.05, 0) is 24.6 Å². The Morgan fingerprint density at radius 2 is 2.43 bits per heavy atom. The van der Waals surface area contributed by atoms with Crippen LogP contribution in [-0.2, 0) is 0 Å². The summed E-state index contributed by atoms with van der Waals surface area (Å²) in [5, 5.41) is 8.59. The number of rotatable bonds is 2. The fourth-order valence-electron chi connectivity index (χ4n) is 0.555. The van der Waals surface area contributed by atoms with Crippen LogP contribution in [0.25, 0.3) is 0 Å². The van der Waals surface area contributed by atoms with Crippen LogP contribution < -0.4 is 0 Å². The molecule has 0 saturated heterocycles. The molecule has 0 radical (unpaired) electrons. The second kappa shape index (κ2) is 1.48. The minimum absolute atomic E-state index is 0.220. The molecule has 7 heavy (non-hydrogen) atoms. The third-order valence-corrected chi connectivity index (χ3v) is 1.51. The lowest BCUT2D eigenvalue weighted by molar-refractivity contribution is 0.256. The van der Waals surface area contributed by atoms with Crippen molar-refractivity contribution < 1.29 is 7.85 Å². The number of aliphatic hydroxyl groups excluding tert-OH is 1. The van der Waals surface area contributed by atoms with Crippen molar-refractivity contribution in [3.8, 4) is 0 Å². The zero-order valence-electron chi connectivity index (χ0n) is 6.57. The Morgan fingerprint density at radius 1 is 1.86 bits per heavy atom.